The lowest BCUT2D eigenvalue weighted by molar-refractivity contribution is 0.675. The van der Waals surface area contributed by atoms with Crippen LogP contribution in [0.1, 0.15) is 33.8 Å². The van der Waals surface area contributed by atoms with Gasteiger partial charge >= 0.3 is 0 Å². The number of benzene rings is 6. The first-order valence-electron chi connectivity index (χ1n) is 13.8. The molecule has 0 aliphatic carbocycles. The number of rotatable bonds is 4. The highest BCUT2D eigenvalue weighted by molar-refractivity contribution is 8.00. The first-order valence-corrected chi connectivity index (χ1v) is 14.7. The zero-order valence-electron chi connectivity index (χ0n) is 22.2. The number of amidine groups is 2. The molecule has 0 saturated carbocycles. The number of aliphatic imine (C=N–C) groups is 2. The van der Waals surface area contributed by atoms with E-state index in [1.165, 1.54) is 37.7 Å². The lowest BCUT2D eigenvalue weighted by atomic mass is 10.0. The average molecular weight is 547 g/mol. The van der Waals surface area contributed by atoms with E-state index in [2.05, 4.69) is 126 Å². The van der Waals surface area contributed by atoms with Gasteiger partial charge in [-0.1, -0.05) is 127 Å². The number of hydrogen-bond acceptors (Lipinski definition) is 5. The number of nitrogens with one attached hydrogen (secondary N) is 2. The second-order valence-corrected chi connectivity index (χ2v) is 11.5. The van der Waals surface area contributed by atoms with Gasteiger partial charge in [-0.25, -0.2) is 9.98 Å². The van der Waals surface area contributed by atoms with Crippen molar-refractivity contribution < 1.29 is 0 Å². The second-order valence-electron chi connectivity index (χ2n) is 10.4. The van der Waals surface area contributed by atoms with E-state index >= 15 is 0 Å². The molecule has 41 heavy (non-hydrogen) atoms. The van der Waals surface area contributed by atoms with Crippen LogP contribution in [-0.2, 0) is 0 Å². The Kier molecular flexibility index (Phi) is 5.82. The topological polar surface area (TPSA) is 48.8 Å². The molecule has 6 aromatic carbocycles. The number of hydrogen-bond donors (Lipinski definition) is 2. The van der Waals surface area contributed by atoms with Crippen LogP contribution in [0.5, 0.6) is 0 Å². The third-order valence-electron chi connectivity index (χ3n) is 7.74. The molecule has 0 radical (unpaired) electrons. The highest BCUT2D eigenvalue weighted by atomic mass is 32.2. The Hall–Kier alpha value is -4.87. The molecular formula is C36H26N4S. The van der Waals surface area contributed by atoms with E-state index < -0.39 is 0 Å². The molecule has 2 aliphatic rings. The fourth-order valence-electron chi connectivity index (χ4n) is 5.62. The summed E-state index contributed by atoms with van der Waals surface area (Å²) in [6.07, 6.45) is -0.254. The predicted molar refractivity (Wildman–Crippen MR) is 172 cm³/mol. The van der Waals surface area contributed by atoms with Gasteiger partial charge in [0.15, 0.2) is 5.84 Å². The van der Waals surface area contributed by atoms with Gasteiger partial charge < -0.3 is 10.6 Å². The van der Waals surface area contributed by atoms with Crippen molar-refractivity contribution in [1.29, 1.82) is 0 Å². The fourth-order valence-corrected chi connectivity index (χ4v) is 6.78. The summed E-state index contributed by atoms with van der Waals surface area (Å²) >= 11 is 1.87. The molecule has 196 valence electrons. The maximum absolute atomic E-state index is 5.07. The van der Waals surface area contributed by atoms with Crippen molar-refractivity contribution in [2.24, 2.45) is 9.98 Å². The summed E-state index contributed by atoms with van der Waals surface area (Å²) in [6, 6.07) is 46.9. The van der Waals surface area contributed by atoms with Crippen LogP contribution in [0.15, 0.2) is 148 Å². The molecule has 2 unspecified atom stereocenters. The Morgan fingerprint density at radius 2 is 1.29 bits per heavy atom. The molecule has 0 aromatic heterocycles. The summed E-state index contributed by atoms with van der Waals surface area (Å²) in [7, 11) is 0. The van der Waals surface area contributed by atoms with E-state index in [-0.39, 0.29) is 11.5 Å². The second kappa shape index (κ2) is 9.95. The van der Waals surface area contributed by atoms with Crippen LogP contribution in [0.25, 0.3) is 21.5 Å². The first kappa shape index (κ1) is 24.0. The number of anilines is 1. The molecular weight excluding hydrogens is 520 g/mol. The zero-order chi connectivity index (χ0) is 27.2. The van der Waals surface area contributed by atoms with Gasteiger partial charge in [0.1, 0.15) is 17.4 Å². The standard InChI is InChI=1S/C36H26N4S/c1-3-10-25(11-4-1)33-38-34(28-17-15-23-9-7-8-14-27(23)21-28)40-35(39-33)29-18-16-24-19-20-31-32(30(24)22-29)37-36(41-31)26-12-5-2-6-13-26/h1-22,34,36-37H,(H,38,39,40). The molecule has 0 amide bonds. The third kappa shape index (κ3) is 4.45. The van der Waals surface area contributed by atoms with Crippen molar-refractivity contribution in [2.75, 3.05) is 5.32 Å². The SMILES string of the molecule is c1ccc(C2=NC(c3ccc4ccccc4c3)NC(c3ccc4ccc5c(c4c3)NC(c3ccccc3)S5)=N2)cc1. The van der Waals surface area contributed by atoms with Gasteiger partial charge in [-0.2, -0.15) is 0 Å². The minimum absolute atomic E-state index is 0.194. The Morgan fingerprint density at radius 1 is 0.561 bits per heavy atom. The predicted octanol–water partition coefficient (Wildman–Crippen LogP) is 8.70. The highest BCUT2D eigenvalue weighted by Crippen LogP contribution is 2.49. The largest absolute Gasteiger partial charge is 0.368 e. The summed E-state index contributed by atoms with van der Waals surface area (Å²) in [5.41, 5.74) is 5.61. The van der Waals surface area contributed by atoms with Crippen LogP contribution in [0.3, 0.4) is 0 Å². The lowest BCUT2D eigenvalue weighted by Crippen LogP contribution is -2.33. The van der Waals surface area contributed by atoms with Gasteiger partial charge in [0.2, 0.25) is 0 Å². The van der Waals surface area contributed by atoms with E-state index in [0.29, 0.717) is 0 Å². The van der Waals surface area contributed by atoms with Crippen LogP contribution in [0, 0.1) is 0 Å². The summed E-state index contributed by atoms with van der Waals surface area (Å²) in [4.78, 5) is 11.4. The van der Waals surface area contributed by atoms with Gasteiger partial charge in [0.05, 0.1) is 5.69 Å². The smallest absolute Gasteiger partial charge is 0.159 e. The molecule has 0 bridgehead atoms. The third-order valence-corrected chi connectivity index (χ3v) is 8.96. The molecule has 4 nitrogen and oxygen atoms in total. The minimum atomic E-state index is -0.254. The van der Waals surface area contributed by atoms with Gasteiger partial charge in [0, 0.05) is 21.4 Å². The monoisotopic (exact) mass is 546 g/mol. The van der Waals surface area contributed by atoms with E-state index in [1.54, 1.807) is 0 Å². The molecule has 0 spiro atoms. The van der Waals surface area contributed by atoms with Crippen LogP contribution >= 0.6 is 11.8 Å². The molecule has 6 aromatic rings. The van der Waals surface area contributed by atoms with E-state index in [1.807, 2.05) is 30.0 Å². The number of thioether (sulfide) groups is 1. The summed E-state index contributed by atoms with van der Waals surface area (Å²) in [5, 5.41) is 12.5. The average Bonchev–Trinajstić information content (AvgIpc) is 3.50. The van der Waals surface area contributed by atoms with E-state index in [0.717, 1.165) is 28.4 Å². The fraction of sp³-hybridized carbons (Fsp3) is 0.0556. The van der Waals surface area contributed by atoms with Crippen LogP contribution < -0.4 is 10.6 Å². The Labute approximate surface area is 242 Å². The minimum Gasteiger partial charge on any atom is -0.368 e. The molecule has 2 atom stereocenters. The lowest BCUT2D eigenvalue weighted by Gasteiger charge is -2.24. The summed E-state index contributed by atoms with van der Waals surface area (Å²) < 4.78 is 0. The molecule has 5 heteroatoms. The molecule has 2 aliphatic heterocycles. The van der Waals surface area contributed by atoms with Crippen molar-refractivity contribution >= 4 is 50.7 Å². The van der Waals surface area contributed by atoms with E-state index in [9.17, 15) is 0 Å². The van der Waals surface area contributed by atoms with Crippen LogP contribution in [-0.4, -0.2) is 11.7 Å². The number of nitrogens with zero attached hydrogens (tertiary/aromatic N) is 2. The maximum Gasteiger partial charge on any atom is 0.159 e. The van der Waals surface area contributed by atoms with Gasteiger partial charge in [-0.05, 0) is 45.5 Å². The zero-order valence-corrected chi connectivity index (χ0v) is 23.0. The number of fused-ring (bicyclic) bond motifs is 4. The Balaban J connectivity index is 1.20. The molecule has 0 saturated heterocycles. The Morgan fingerprint density at radius 3 is 2.15 bits per heavy atom. The summed E-state index contributed by atoms with van der Waals surface area (Å²) in [6.45, 7) is 0. The Bertz CT molecular complexity index is 1980. The molecule has 2 N–H and O–H groups in total. The van der Waals surface area contributed by atoms with Crippen LogP contribution in [0.2, 0.25) is 0 Å². The van der Waals surface area contributed by atoms with Crippen molar-refractivity contribution in [2.45, 2.75) is 16.4 Å². The normalized spacial score (nSPS) is 17.9. The van der Waals surface area contributed by atoms with Crippen LogP contribution in [0.4, 0.5) is 5.69 Å². The van der Waals surface area contributed by atoms with Crippen molar-refractivity contribution in [3.05, 3.63) is 156 Å². The van der Waals surface area contributed by atoms with E-state index in [4.69, 9.17) is 9.98 Å². The van der Waals surface area contributed by atoms with Crippen molar-refractivity contribution in [3.63, 3.8) is 0 Å². The summed E-state index contributed by atoms with van der Waals surface area (Å²) in [5.74, 6) is 1.55. The highest BCUT2D eigenvalue weighted by Gasteiger charge is 2.26. The maximum atomic E-state index is 5.07. The first-order chi connectivity index (χ1) is 20.3. The molecule has 0 fully saturated rings. The van der Waals surface area contributed by atoms with Gasteiger partial charge in [-0.15, -0.1) is 0 Å². The quantitative estimate of drug-likeness (QED) is 0.232. The molecule has 2 heterocycles. The van der Waals surface area contributed by atoms with Gasteiger partial charge in [0.25, 0.3) is 0 Å². The van der Waals surface area contributed by atoms with Crippen molar-refractivity contribution in [1.82, 2.24) is 5.32 Å². The van der Waals surface area contributed by atoms with Gasteiger partial charge in [-0.3, -0.25) is 0 Å². The molecule has 8 rings (SSSR count). The van der Waals surface area contributed by atoms with Crippen molar-refractivity contribution in [3.8, 4) is 0 Å².